The van der Waals surface area contributed by atoms with Gasteiger partial charge in [0.25, 0.3) is 5.91 Å². The Bertz CT molecular complexity index is 1010. The van der Waals surface area contributed by atoms with Crippen molar-refractivity contribution in [3.8, 4) is 0 Å². The Morgan fingerprint density at radius 3 is 2.83 bits per heavy atom. The molecular formula is C21H26ClN5O2S. The van der Waals surface area contributed by atoms with Crippen LogP contribution in [0.15, 0.2) is 30.5 Å². The van der Waals surface area contributed by atoms with E-state index in [9.17, 15) is 4.79 Å². The van der Waals surface area contributed by atoms with E-state index in [1.807, 2.05) is 38.2 Å². The number of nitrogens with zero attached hydrogens (tertiary/aromatic N) is 5. The number of hydrogen-bond donors (Lipinski definition) is 0. The van der Waals surface area contributed by atoms with E-state index in [1.165, 1.54) is 11.3 Å². The van der Waals surface area contributed by atoms with Gasteiger partial charge in [-0.1, -0.05) is 22.9 Å². The van der Waals surface area contributed by atoms with Gasteiger partial charge in [-0.05, 0) is 44.5 Å². The zero-order valence-corrected chi connectivity index (χ0v) is 18.8. The van der Waals surface area contributed by atoms with Gasteiger partial charge in [0.2, 0.25) is 0 Å². The van der Waals surface area contributed by atoms with Crippen molar-refractivity contribution in [3.05, 3.63) is 41.2 Å². The standard InChI is InChI=1S/C21H26ClN5O2S/c1-15(2)27-9-6-18(24-27)20(28)26(8-3-7-25-10-12-29-13-11-25)21-23-17-5-4-16(22)14-19(17)30-21/h4-6,9,14-15H,3,7-8,10-13H2,1-2H3. The molecule has 1 aliphatic heterocycles. The van der Waals surface area contributed by atoms with Crippen LogP contribution < -0.4 is 4.90 Å². The highest BCUT2D eigenvalue weighted by Crippen LogP contribution is 2.31. The molecule has 1 aliphatic rings. The summed E-state index contributed by atoms with van der Waals surface area (Å²) < 4.78 is 8.19. The highest BCUT2D eigenvalue weighted by molar-refractivity contribution is 7.22. The zero-order chi connectivity index (χ0) is 21.1. The van der Waals surface area contributed by atoms with Crippen molar-refractivity contribution in [2.75, 3.05) is 44.3 Å². The summed E-state index contributed by atoms with van der Waals surface area (Å²) in [5.74, 6) is -0.124. The number of amides is 1. The normalized spacial score (nSPS) is 15.2. The lowest BCUT2D eigenvalue weighted by atomic mass is 10.3. The summed E-state index contributed by atoms with van der Waals surface area (Å²) in [7, 11) is 0. The van der Waals surface area contributed by atoms with E-state index in [2.05, 4.69) is 10.00 Å². The smallest absolute Gasteiger partial charge is 0.280 e. The van der Waals surface area contributed by atoms with Crippen LogP contribution in [-0.2, 0) is 4.74 Å². The number of carbonyl (C=O) groups is 1. The van der Waals surface area contributed by atoms with Gasteiger partial charge < -0.3 is 4.74 Å². The Morgan fingerprint density at radius 1 is 1.30 bits per heavy atom. The molecule has 3 aromatic rings. The average Bonchev–Trinajstić information content (AvgIpc) is 3.38. The Morgan fingerprint density at radius 2 is 2.10 bits per heavy atom. The zero-order valence-electron chi connectivity index (χ0n) is 17.3. The van der Waals surface area contributed by atoms with Gasteiger partial charge in [0.1, 0.15) is 0 Å². The lowest BCUT2D eigenvalue weighted by molar-refractivity contribution is 0.0376. The molecule has 30 heavy (non-hydrogen) atoms. The molecule has 0 aliphatic carbocycles. The molecule has 0 saturated carbocycles. The maximum Gasteiger partial charge on any atom is 0.280 e. The molecule has 0 atom stereocenters. The first-order chi connectivity index (χ1) is 14.5. The second-order valence-corrected chi connectivity index (χ2v) is 9.09. The van der Waals surface area contributed by atoms with Crippen molar-refractivity contribution in [1.29, 1.82) is 0 Å². The highest BCUT2D eigenvalue weighted by Gasteiger charge is 2.24. The second-order valence-electron chi connectivity index (χ2n) is 7.65. The van der Waals surface area contributed by atoms with Crippen LogP contribution in [0.5, 0.6) is 0 Å². The molecule has 0 spiro atoms. The highest BCUT2D eigenvalue weighted by atomic mass is 35.5. The molecule has 1 aromatic carbocycles. The van der Waals surface area contributed by atoms with E-state index in [-0.39, 0.29) is 11.9 Å². The average molecular weight is 448 g/mol. The predicted molar refractivity (Wildman–Crippen MR) is 121 cm³/mol. The van der Waals surface area contributed by atoms with E-state index in [0.29, 0.717) is 22.4 Å². The number of thiazole rings is 1. The second kappa shape index (κ2) is 9.43. The number of benzene rings is 1. The fourth-order valence-electron chi connectivity index (χ4n) is 3.44. The summed E-state index contributed by atoms with van der Waals surface area (Å²) in [6, 6.07) is 7.58. The van der Waals surface area contributed by atoms with Crippen LogP contribution in [0.4, 0.5) is 5.13 Å². The molecule has 1 saturated heterocycles. The van der Waals surface area contributed by atoms with Gasteiger partial charge in [0, 0.05) is 43.4 Å². The minimum Gasteiger partial charge on any atom is -0.379 e. The Balaban J connectivity index is 1.56. The van der Waals surface area contributed by atoms with Crippen LogP contribution in [0.1, 0.15) is 36.8 Å². The quantitative estimate of drug-likeness (QED) is 0.545. The first kappa shape index (κ1) is 21.2. The molecule has 1 amide bonds. The summed E-state index contributed by atoms with van der Waals surface area (Å²) in [5, 5.41) is 5.82. The number of morpholine rings is 1. The maximum absolute atomic E-state index is 13.4. The lowest BCUT2D eigenvalue weighted by Gasteiger charge is -2.27. The third kappa shape index (κ3) is 4.83. The van der Waals surface area contributed by atoms with Gasteiger partial charge >= 0.3 is 0 Å². The molecule has 3 heterocycles. The Hall–Kier alpha value is -2.00. The minimum absolute atomic E-state index is 0.124. The van der Waals surface area contributed by atoms with Crippen LogP contribution in [0.25, 0.3) is 10.2 Å². The third-order valence-electron chi connectivity index (χ3n) is 5.13. The first-order valence-corrected chi connectivity index (χ1v) is 11.4. The van der Waals surface area contributed by atoms with E-state index >= 15 is 0 Å². The topological polar surface area (TPSA) is 63.5 Å². The minimum atomic E-state index is -0.124. The molecule has 9 heteroatoms. The first-order valence-electron chi connectivity index (χ1n) is 10.2. The molecule has 160 valence electrons. The van der Waals surface area contributed by atoms with Gasteiger partial charge in [-0.2, -0.15) is 5.10 Å². The molecule has 0 N–H and O–H groups in total. The van der Waals surface area contributed by atoms with Crippen LogP contribution >= 0.6 is 22.9 Å². The van der Waals surface area contributed by atoms with E-state index in [1.54, 1.807) is 15.6 Å². The molecule has 0 unspecified atom stereocenters. The molecule has 4 rings (SSSR count). The molecule has 1 fully saturated rings. The Kier molecular flexibility index (Phi) is 6.67. The number of fused-ring (bicyclic) bond motifs is 1. The number of aromatic nitrogens is 3. The maximum atomic E-state index is 13.4. The number of halogens is 1. The number of anilines is 1. The van der Waals surface area contributed by atoms with Crippen LogP contribution in [0.3, 0.4) is 0 Å². The molecular weight excluding hydrogens is 422 g/mol. The number of hydrogen-bond acceptors (Lipinski definition) is 6. The number of carbonyl (C=O) groups excluding carboxylic acids is 1. The van der Waals surface area contributed by atoms with Gasteiger partial charge in [-0.25, -0.2) is 4.98 Å². The summed E-state index contributed by atoms with van der Waals surface area (Å²) in [5.41, 5.74) is 1.28. The summed E-state index contributed by atoms with van der Waals surface area (Å²) in [6.07, 6.45) is 2.70. The van der Waals surface area contributed by atoms with E-state index in [4.69, 9.17) is 21.3 Å². The summed E-state index contributed by atoms with van der Waals surface area (Å²) >= 11 is 7.62. The lowest BCUT2D eigenvalue weighted by Crippen LogP contribution is -2.39. The molecule has 7 nitrogen and oxygen atoms in total. The van der Waals surface area contributed by atoms with Gasteiger partial charge in [0.05, 0.1) is 23.4 Å². The fraction of sp³-hybridized carbons (Fsp3) is 0.476. The van der Waals surface area contributed by atoms with E-state index in [0.717, 1.165) is 49.5 Å². The fourth-order valence-corrected chi connectivity index (χ4v) is 4.71. The third-order valence-corrected chi connectivity index (χ3v) is 6.41. The van der Waals surface area contributed by atoms with Crippen LogP contribution in [0.2, 0.25) is 5.02 Å². The van der Waals surface area contributed by atoms with Crippen molar-refractivity contribution < 1.29 is 9.53 Å². The number of ether oxygens (including phenoxy) is 1. The number of rotatable bonds is 7. The Labute approximate surface area is 185 Å². The molecule has 0 bridgehead atoms. The monoisotopic (exact) mass is 447 g/mol. The van der Waals surface area contributed by atoms with Gasteiger partial charge in [0.15, 0.2) is 10.8 Å². The van der Waals surface area contributed by atoms with Crippen molar-refractivity contribution in [2.45, 2.75) is 26.3 Å². The summed E-state index contributed by atoms with van der Waals surface area (Å²) in [4.78, 5) is 22.2. The van der Waals surface area contributed by atoms with Crippen LogP contribution in [0, 0.1) is 0 Å². The van der Waals surface area contributed by atoms with Crippen LogP contribution in [-0.4, -0.2) is 65.0 Å². The molecule has 0 radical (unpaired) electrons. The molecule has 2 aromatic heterocycles. The SMILES string of the molecule is CC(C)n1ccc(C(=O)N(CCCN2CCOCC2)c2nc3ccc(Cl)cc3s2)n1. The summed E-state index contributed by atoms with van der Waals surface area (Å²) in [6.45, 7) is 9.00. The van der Waals surface area contributed by atoms with Crippen molar-refractivity contribution >= 4 is 44.2 Å². The van der Waals surface area contributed by atoms with Crippen molar-refractivity contribution in [2.24, 2.45) is 0 Å². The van der Waals surface area contributed by atoms with Crippen molar-refractivity contribution in [1.82, 2.24) is 19.7 Å². The van der Waals surface area contributed by atoms with E-state index < -0.39 is 0 Å². The predicted octanol–water partition coefficient (Wildman–Crippen LogP) is 4.10. The largest absolute Gasteiger partial charge is 0.379 e. The van der Waals surface area contributed by atoms with Gasteiger partial charge in [-0.3, -0.25) is 19.3 Å². The van der Waals surface area contributed by atoms with Crippen molar-refractivity contribution in [3.63, 3.8) is 0 Å². The van der Waals surface area contributed by atoms with Gasteiger partial charge in [-0.15, -0.1) is 0 Å².